The molecule has 2 N–H and O–H groups in total. The number of carbonyl (C=O) groups is 1. The number of nitrogens with zero attached hydrogens (tertiary/aromatic N) is 1. The van der Waals surface area contributed by atoms with E-state index in [-0.39, 0.29) is 16.8 Å². The van der Waals surface area contributed by atoms with Gasteiger partial charge >= 0.3 is 0 Å². The third-order valence-electron chi connectivity index (χ3n) is 6.44. The maximum Gasteiger partial charge on any atom is 0.257 e. The summed E-state index contributed by atoms with van der Waals surface area (Å²) in [6.45, 7) is 6.72. The number of H-pyrrole nitrogens is 1. The molecule has 3 aromatic rings. The monoisotopic (exact) mass is 487 g/mol. The fourth-order valence-electron chi connectivity index (χ4n) is 4.94. The van der Waals surface area contributed by atoms with Crippen LogP contribution in [-0.2, 0) is 10.5 Å². The van der Waals surface area contributed by atoms with Crippen LogP contribution < -0.4 is 15.6 Å². The van der Waals surface area contributed by atoms with E-state index in [1.54, 1.807) is 0 Å². The van der Waals surface area contributed by atoms with E-state index in [4.69, 9.17) is 9.72 Å². The Balaban J connectivity index is 1.57. The van der Waals surface area contributed by atoms with Gasteiger partial charge in [-0.2, -0.15) is 0 Å². The summed E-state index contributed by atoms with van der Waals surface area (Å²) in [7, 11) is 0. The fraction of sp³-hybridized carbons (Fsp3) is 0.321. The molecule has 2 heterocycles. The Labute approximate surface area is 209 Å². The lowest BCUT2D eigenvalue weighted by Gasteiger charge is -2.38. The van der Waals surface area contributed by atoms with Crippen LogP contribution in [0.1, 0.15) is 56.2 Å². The standard InChI is InChI=1S/C28H29N3O3S/c1-4-34-19-12-10-18(11-13-19)22-23-20(14-28(2,3)15-21(23)32)29-25-24(22)26(33)31-27(30-25)35-16-17-8-6-5-7-9-17/h5-13,22H,4,14-16H2,1-3H3,(H2,29,30,31,33). The first-order valence-corrected chi connectivity index (χ1v) is 12.9. The van der Waals surface area contributed by atoms with E-state index in [0.717, 1.165) is 29.0 Å². The Morgan fingerprint density at radius 2 is 1.80 bits per heavy atom. The van der Waals surface area contributed by atoms with Crippen molar-refractivity contribution in [2.75, 3.05) is 11.9 Å². The molecule has 35 heavy (non-hydrogen) atoms. The molecule has 2 aromatic carbocycles. The number of aromatic nitrogens is 2. The lowest BCUT2D eigenvalue weighted by Crippen LogP contribution is -2.37. The smallest absolute Gasteiger partial charge is 0.257 e. The highest BCUT2D eigenvalue weighted by Gasteiger charge is 2.42. The van der Waals surface area contributed by atoms with Gasteiger partial charge in [-0.05, 0) is 42.0 Å². The van der Waals surface area contributed by atoms with Crippen molar-refractivity contribution in [3.05, 3.63) is 92.9 Å². The van der Waals surface area contributed by atoms with Crippen LogP contribution in [0.25, 0.3) is 0 Å². The number of aromatic amines is 1. The molecule has 0 saturated heterocycles. The van der Waals surface area contributed by atoms with Crippen LogP contribution in [-0.4, -0.2) is 22.4 Å². The van der Waals surface area contributed by atoms with Crippen LogP contribution in [0.3, 0.4) is 0 Å². The molecule has 0 saturated carbocycles. The number of rotatable bonds is 6. The van der Waals surface area contributed by atoms with Gasteiger partial charge in [-0.3, -0.25) is 9.59 Å². The van der Waals surface area contributed by atoms with Gasteiger partial charge in [-0.25, -0.2) is 4.98 Å². The van der Waals surface area contributed by atoms with Crippen molar-refractivity contribution in [3.8, 4) is 5.75 Å². The van der Waals surface area contributed by atoms with E-state index < -0.39 is 5.92 Å². The van der Waals surface area contributed by atoms with Crippen molar-refractivity contribution in [3.63, 3.8) is 0 Å². The summed E-state index contributed by atoms with van der Waals surface area (Å²) in [6, 6.07) is 17.8. The molecule has 0 fully saturated rings. The molecule has 7 heteroatoms. The van der Waals surface area contributed by atoms with Crippen molar-refractivity contribution in [2.24, 2.45) is 5.41 Å². The molecular weight excluding hydrogens is 458 g/mol. The minimum Gasteiger partial charge on any atom is -0.494 e. The first kappa shape index (κ1) is 23.4. The van der Waals surface area contributed by atoms with Gasteiger partial charge in [0.15, 0.2) is 10.9 Å². The zero-order valence-corrected chi connectivity index (χ0v) is 21.0. The van der Waals surface area contributed by atoms with Gasteiger partial charge in [-0.1, -0.05) is 68.1 Å². The summed E-state index contributed by atoms with van der Waals surface area (Å²) in [5.74, 6) is 1.60. The molecule has 0 spiro atoms. The van der Waals surface area contributed by atoms with Gasteiger partial charge in [0.25, 0.3) is 5.56 Å². The summed E-state index contributed by atoms with van der Waals surface area (Å²) in [6.07, 6.45) is 1.18. The predicted octanol–water partition coefficient (Wildman–Crippen LogP) is 5.66. The SMILES string of the molecule is CCOc1ccc(C2C3=C(CC(C)(C)CC3=O)Nc3nc(SCc4ccccc4)[nH]c(=O)c32)cc1. The van der Waals surface area contributed by atoms with Gasteiger partial charge in [0.1, 0.15) is 11.6 Å². The quantitative estimate of drug-likeness (QED) is 0.345. The Morgan fingerprint density at radius 1 is 1.06 bits per heavy atom. The molecular formula is C28H29N3O3S. The molecule has 6 nitrogen and oxygen atoms in total. The van der Waals surface area contributed by atoms with Crippen LogP contribution in [0.5, 0.6) is 5.75 Å². The van der Waals surface area contributed by atoms with Gasteiger partial charge < -0.3 is 15.0 Å². The van der Waals surface area contributed by atoms with Crippen LogP contribution in [0.2, 0.25) is 0 Å². The summed E-state index contributed by atoms with van der Waals surface area (Å²) in [5.41, 5.74) is 3.70. The van der Waals surface area contributed by atoms with E-state index >= 15 is 0 Å². The van der Waals surface area contributed by atoms with Gasteiger partial charge in [-0.15, -0.1) is 0 Å². The molecule has 1 atom stereocenters. The largest absolute Gasteiger partial charge is 0.494 e. The molecule has 1 unspecified atom stereocenters. The lowest BCUT2D eigenvalue weighted by molar-refractivity contribution is -0.118. The van der Waals surface area contributed by atoms with Crippen LogP contribution in [0, 0.1) is 5.41 Å². The highest BCUT2D eigenvalue weighted by Crippen LogP contribution is 2.47. The summed E-state index contributed by atoms with van der Waals surface area (Å²) >= 11 is 1.49. The minimum atomic E-state index is -0.468. The zero-order chi connectivity index (χ0) is 24.6. The van der Waals surface area contributed by atoms with Crippen molar-refractivity contribution < 1.29 is 9.53 Å². The van der Waals surface area contributed by atoms with Crippen molar-refractivity contribution >= 4 is 23.4 Å². The Morgan fingerprint density at radius 3 is 2.51 bits per heavy atom. The fourth-order valence-corrected chi connectivity index (χ4v) is 5.76. The summed E-state index contributed by atoms with van der Waals surface area (Å²) < 4.78 is 5.60. The second-order valence-corrected chi connectivity index (χ2v) is 10.8. The second kappa shape index (κ2) is 9.38. The van der Waals surface area contributed by atoms with Gasteiger partial charge in [0, 0.05) is 29.4 Å². The Hall–Kier alpha value is -3.32. The second-order valence-electron chi connectivity index (χ2n) is 9.80. The number of Topliss-reactive ketones (excluding diaryl/α,β-unsaturated/α-hetero) is 1. The Bertz CT molecular complexity index is 1340. The number of allylic oxidation sites excluding steroid dienone is 2. The van der Waals surface area contributed by atoms with E-state index in [0.29, 0.717) is 40.9 Å². The molecule has 2 aliphatic rings. The molecule has 5 rings (SSSR count). The zero-order valence-electron chi connectivity index (χ0n) is 20.2. The van der Waals surface area contributed by atoms with Crippen LogP contribution in [0.4, 0.5) is 5.82 Å². The molecule has 180 valence electrons. The van der Waals surface area contributed by atoms with E-state index in [1.165, 1.54) is 11.8 Å². The number of thioether (sulfide) groups is 1. The maximum absolute atomic E-state index is 13.5. The number of benzene rings is 2. The number of anilines is 1. The number of ether oxygens (including phenoxy) is 1. The number of fused-ring (bicyclic) bond motifs is 1. The van der Waals surface area contributed by atoms with Crippen molar-refractivity contribution in [1.29, 1.82) is 0 Å². The van der Waals surface area contributed by atoms with E-state index in [9.17, 15) is 9.59 Å². The minimum absolute atomic E-state index is 0.0789. The Kier molecular flexibility index (Phi) is 6.28. The summed E-state index contributed by atoms with van der Waals surface area (Å²) in [4.78, 5) is 34.6. The van der Waals surface area contributed by atoms with Crippen molar-refractivity contribution in [1.82, 2.24) is 9.97 Å². The summed E-state index contributed by atoms with van der Waals surface area (Å²) in [5, 5.41) is 3.94. The number of hydrogen-bond acceptors (Lipinski definition) is 6. The molecule has 1 aliphatic carbocycles. The lowest BCUT2D eigenvalue weighted by atomic mass is 9.69. The predicted molar refractivity (Wildman–Crippen MR) is 139 cm³/mol. The third-order valence-corrected chi connectivity index (χ3v) is 7.39. The number of nitrogens with one attached hydrogen (secondary N) is 2. The maximum atomic E-state index is 13.5. The third kappa shape index (κ3) is 4.78. The molecule has 0 amide bonds. The average molecular weight is 488 g/mol. The number of ketones is 1. The van der Waals surface area contributed by atoms with Crippen molar-refractivity contribution in [2.45, 2.75) is 50.4 Å². The highest BCUT2D eigenvalue weighted by atomic mass is 32.2. The first-order valence-electron chi connectivity index (χ1n) is 11.9. The van der Waals surface area contributed by atoms with Crippen LogP contribution in [0.15, 0.2) is 75.8 Å². The number of hydrogen-bond donors (Lipinski definition) is 2. The number of carbonyl (C=O) groups excluding carboxylic acids is 1. The average Bonchev–Trinajstić information content (AvgIpc) is 2.82. The molecule has 1 aliphatic heterocycles. The first-order chi connectivity index (χ1) is 16.8. The van der Waals surface area contributed by atoms with Crippen LogP contribution >= 0.6 is 11.8 Å². The topological polar surface area (TPSA) is 84.1 Å². The highest BCUT2D eigenvalue weighted by molar-refractivity contribution is 7.98. The van der Waals surface area contributed by atoms with Gasteiger partial charge in [0.2, 0.25) is 0 Å². The molecule has 1 aromatic heterocycles. The van der Waals surface area contributed by atoms with Gasteiger partial charge in [0.05, 0.1) is 12.2 Å². The molecule has 0 radical (unpaired) electrons. The van der Waals surface area contributed by atoms with E-state index in [2.05, 4.69) is 36.3 Å². The normalized spacial score (nSPS) is 18.5. The van der Waals surface area contributed by atoms with E-state index in [1.807, 2.05) is 49.4 Å². The molecule has 0 bridgehead atoms.